The fourth-order valence-corrected chi connectivity index (χ4v) is 5.67. The Kier molecular flexibility index (Phi) is 6.99. The monoisotopic (exact) mass is 471 g/mol. The molecule has 9 heteroatoms. The Labute approximate surface area is 194 Å². The molecule has 0 saturated carbocycles. The Balaban J connectivity index is 1.49. The molecule has 0 aromatic heterocycles. The van der Waals surface area contributed by atoms with Gasteiger partial charge in [0.05, 0.1) is 10.6 Å². The van der Waals surface area contributed by atoms with Crippen LogP contribution in [0.4, 0.5) is 5.69 Å². The van der Waals surface area contributed by atoms with Gasteiger partial charge in [0.2, 0.25) is 15.9 Å². The van der Waals surface area contributed by atoms with Crippen LogP contribution in [-0.4, -0.2) is 57.3 Å². The van der Waals surface area contributed by atoms with Gasteiger partial charge >= 0.3 is 0 Å². The van der Waals surface area contributed by atoms with Crippen molar-refractivity contribution in [3.05, 3.63) is 54.1 Å². The quantitative estimate of drug-likeness (QED) is 0.669. The Morgan fingerprint density at radius 2 is 1.82 bits per heavy atom. The fraction of sp³-hybridized carbons (Fsp3) is 0.417. The average molecular weight is 472 g/mol. The lowest BCUT2D eigenvalue weighted by Crippen LogP contribution is -2.45. The van der Waals surface area contributed by atoms with Crippen molar-refractivity contribution in [1.29, 1.82) is 0 Å². The van der Waals surface area contributed by atoms with Crippen LogP contribution in [0.3, 0.4) is 0 Å². The number of carbonyl (C=O) groups excluding carboxylic acids is 2. The Hall–Kier alpha value is -2.91. The van der Waals surface area contributed by atoms with Crippen LogP contribution in [0.15, 0.2) is 53.4 Å². The molecule has 2 aliphatic rings. The minimum Gasteiger partial charge on any atom is -0.482 e. The second-order valence-electron chi connectivity index (χ2n) is 8.48. The molecule has 1 fully saturated rings. The number of ether oxygens (including phenoxy) is 1. The lowest BCUT2D eigenvalue weighted by molar-refractivity contribution is -0.125. The van der Waals surface area contributed by atoms with Crippen LogP contribution in [-0.2, 0) is 19.6 Å². The number of hydrogen-bond donors (Lipinski definition) is 1. The van der Waals surface area contributed by atoms with Gasteiger partial charge in [-0.05, 0) is 42.5 Å². The van der Waals surface area contributed by atoms with E-state index in [0.717, 1.165) is 24.8 Å². The van der Waals surface area contributed by atoms with E-state index in [-0.39, 0.29) is 35.8 Å². The summed E-state index contributed by atoms with van der Waals surface area (Å²) in [5, 5.41) is 2.88. The summed E-state index contributed by atoms with van der Waals surface area (Å²) in [7, 11) is -3.68. The maximum absolute atomic E-state index is 13.1. The van der Waals surface area contributed by atoms with Crippen LogP contribution in [0.5, 0.6) is 5.75 Å². The first-order valence-corrected chi connectivity index (χ1v) is 12.7. The predicted molar refractivity (Wildman–Crippen MR) is 125 cm³/mol. The SMILES string of the molecule is C[C@H](CNC(=O)CN1C(=O)COc2ccc(S(=O)(=O)N3CCCCC3)cc21)c1ccccc1. The average Bonchev–Trinajstić information content (AvgIpc) is 2.85. The Morgan fingerprint density at radius 3 is 2.55 bits per heavy atom. The van der Waals surface area contributed by atoms with Crippen molar-refractivity contribution in [2.24, 2.45) is 0 Å². The first kappa shape index (κ1) is 23.3. The first-order chi connectivity index (χ1) is 15.9. The summed E-state index contributed by atoms with van der Waals surface area (Å²) in [5.74, 6) is -0.202. The third kappa shape index (κ3) is 5.20. The summed E-state index contributed by atoms with van der Waals surface area (Å²) in [6, 6.07) is 14.3. The van der Waals surface area contributed by atoms with Gasteiger partial charge in [-0.3, -0.25) is 14.5 Å². The number of nitrogens with zero attached hydrogens (tertiary/aromatic N) is 2. The van der Waals surface area contributed by atoms with E-state index in [1.165, 1.54) is 21.3 Å². The van der Waals surface area contributed by atoms with Gasteiger partial charge in [-0.2, -0.15) is 4.31 Å². The van der Waals surface area contributed by atoms with Crippen molar-refractivity contribution in [3.8, 4) is 5.75 Å². The van der Waals surface area contributed by atoms with E-state index in [1.807, 2.05) is 37.3 Å². The first-order valence-electron chi connectivity index (χ1n) is 11.3. The lowest BCUT2D eigenvalue weighted by Gasteiger charge is -2.30. The normalized spacial score (nSPS) is 17.7. The standard InChI is InChI=1S/C24H29N3O5S/c1-18(19-8-4-2-5-9-19)15-25-23(28)16-27-21-14-20(10-11-22(21)32-17-24(27)29)33(30,31)26-12-6-3-7-13-26/h2,4-5,8-11,14,18H,3,6-7,12-13,15-17H2,1H3,(H,25,28)/t18-/m1/s1. The van der Waals surface area contributed by atoms with Crippen molar-refractivity contribution in [1.82, 2.24) is 9.62 Å². The number of anilines is 1. The molecule has 176 valence electrons. The van der Waals surface area contributed by atoms with Gasteiger partial charge in [0.25, 0.3) is 5.91 Å². The van der Waals surface area contributed by atoms with Crippen molar-refractivity contribution >= 4 is 27.5 Å². The molecule has 2 aliphatic heterocycles. The smallest absolute Gasteiger partial charge is 0.265 e. The molecule has 2 aromatic rings. The fourth-order valence-electron chi connectivity index (χ4n) is 4.14. The number of fused-ring (bicyclic) bond motifs is 1. The number of carbonyl (C=O) groups is 2. The van der Waals surface area contributed by atoms with E-state index < -0.39 is 10.0 Å². The number of nitrogens with one attached hydrogen (secondary N) is 1. The number of hydrogen-bond acceptors (Lipinski definition) is 5. The molecule has 2 aromatic carbocycles. The largest absolute Gasteiger partial charge is 0.482 e. The minimum absolute atomic E-state index is 0.101. The van der Waals surface area contributed by atoms with E-state index in [1.54, 1.807) is 6.07 Å². The number of piperidine rings is 1. The highest BCUT2D eigenvalue weighted by atomic mass is 32.2. The number of sulfonamides is 1. The summed E-state index contributed by atoms with van der Waals surface area (Å²) in [4.78, 5) is 26.6. The van der Waals surface area contributed by atoms with Crippen molar-refractivity contribution in [3.63, 3.8) is 0 Å². The predicted octanol–water partition coefficient (Wildman–Crippen LogP) is 2.51. The molecule has 1 saturated heterocycles. The van der Waals surface area contributed by atoms with Crippen LogP contribution in [0, 0.1) is 0 Å². The molecule has 1 atom stereocenters. The molecular formula is C24H29N3O5S. The second-order valence-corrected chi connectivity index (χ2v) is 10.4. The molecule has 33 heavy (non-hydrogen) atoms. The molecule has 2 heterocycles. The highest BCUT2D eigenvalue weighted by Crippen LogP contribution is 2.35. The number of amides is 2. The van der Waals surface area contributed by atoms with Crippen molar-refractivity contribution in [2.45, 2.75) is 37.0 Å². The molecule has 4 rings (SSSR count). The van der Waals surface area contributed by atoms with Crippen molar-refractivity contribution < 1.29 is 22.7 Å². The number of rotatable bonds is 7. The van der Waals surface area contributed by atoms with Gasteiger partial charge in [0.15, 0.2) is 6.61 Å². The van der Waals surface area contributed by atoms with Gasteiger partial charge in [-0.1, -0.05) is 43.7 Å². The third-order valence-corrected chi connectivity index (χ3v) is 8.00. The van der Waals surface area contributed by atoms with E-state index in [9.17, 15) is 18.0 Å². The van der Waals surface area contributed by atoms with Gasteiger partial charge < -0.3 is 10.1 Å². The van der Waals surface area contributed by atoms with Crippen molar-refractivity contribution in [2.75, 3.05) is 37.7 Å². The van der Waals surface area contributed by atoms with E-state index in [4.69, 9.17) is 4.74 Å². The van der Waals surface area contributed by atoms with Gasteiger partial charge in [-0.15, -0.1) is 0 Å². The van der Waals surface area contributed by atoms with E-state index >= 15 is 0 Å². The summed E-state index contributed by atoms with van der Waals surface area (Å²) in [5.41, 5.74) is 1.41. The van der Waals surface area contributed by atoms with Crippen LogP contribution in [0.2, 0.25) is 0 Å². The molecule has 0 bridgehead atoms. The molecule has 0 radical (unpaired) electrons. The summed E-state index contributed by atoms with van der Waals surface area (Å²) >= 11 is 0. The van der Waals surface area contributed by atoms with Gasteiger partial charge in [0.1, 0.15) is 12.3 Å². The summed E-state index contributed by atoms with van der Waals surface area (Å²) in [6.07, 6.45) is 2.68. The molecular weight excluding hydrogens is 442 g/mol. The molecule has 2 amide bonds. The Morgan fingerprint density at radius 1 is 1.09 bits per heavy atom. The topological polar surface area (TPSA) is 96.0 Å². The van der Waals surface area contributed by atoms with Crippen LogP contribution >= 0.6 is 0 Å². The van der Waals surface area contributed by atoms with E-state index in [0.29, 0.717) is 31.1 Å². The molecule has 0 aliphatic carbocycles. The molecule has 0 unspecified atom stereocenters. The number of benzene rings is 2. The molecule has 0 spiro atoms. The highest BCUT2D eigenvalue weighted by molar-refractivity contribution is 7.89. The highest BCUT2D eigenvalue weighted by Gasteiger charge is 2.31. The van der Waals surface area contributed by atoms with E-state index in [2.05, 4.69) is 5.32 Å². The van der Waals surface area contributed by atoms with Crippen LogP contribution < -0.4 is 15.0 Å². The van der Waals surface area contributed by atoms with Gasteiger partial charge in [0, 0.05) is 19.6 Å². The van der Waals surface area contributed by atoms with Gasteiger partial charge in [-0.25, -0.2) is 8.42 Å². The summed E-state index contributed by atoms with van der Waals surface area (Å²) < 4.78 is 33.2. The van der Waals surface area contributed by atoms with Crippen LogP contribution in [0.25, 0.3) is 0 Å². The maximum atomic E-state index is 13.1. The third-order valence-electron chi connectivity index (χ3n) is 6.10. The molecule has 1 N–H and O–H groups in total. The zero-order chi connectivity index (χ0) is 23.4. The zero-order valence-electron chi connectivity index (χ0n) is 18.7. The van der Waals surface area contributed by atoms with Crippen LogP contribution in [0.1, 0.15) is 37.7 Å². The minimum atomic E-state index is -3.68. The Bertz CT molecular complexity index is 1110. The molecule has 8 nitrogen and oxygen atoms in total. The second kappa shape index (κ2) is 9.93. The zero-order valence-corrected chi connectivity index (χ0v) is 19.5. The lowest BCUT2D eigenvalue weighted by atomic mass is 10.0. The summed E-state index contributed by atoms with van der Waals surface area (Å²) in [6.45, 7) is 3.02. The maximum Gasteiger partial charge on any atom is 0.265 e.